The van der Waals surface area contributed by atoms with Crippen molar-refractivity contribution < 1.29 is 19.2 Å². The van der Waals surface area contributed by atoms with E-state index in [-0.39, 0.29) is 16.3 Å². The van der Waals surface area contributed by atoms with Gasteiger partial charge in [0, 0.05) is 22.8 Å². The third-order valence-corrected chi connectivity index (χ3v) is 4.28. The Labute approximate surface area is 159 Å². The topological polar surface area (TPSA) is 98.5 Å². The fraction of sp³-hybridized carbons (Fsp3) is 0.176. The van der Waals surface area contributed by atoms with Gasteiger partial charge >= 0.3 is 5.97 Å². The van der Waals surface area contributed by atoms with Crippen molar-refractivity contribution in [3.63, 3.8) is 0 Å². The summed E-state index contributed by atoms with van der Waals surface area (Å²) in [6.45, 7) is 3.14. The first-order chi connectivity index (χ1) is 12.2. The van der Waals surface area contributed by atoms with Crippen LogP contribution in [-0.2, 0) is 9.53 Å². The van der Waals surface area contributed by atoms with Crippen molar-refractivity contribution in [2.24, 2.45) is 0 Å². The number of hydrogen-bond donors (Lipinski definition) is 1. The number of nitro benzene ring substituents is 1. The second kappa shape index (κ2) is 8.16. The molecule has 9 heteroatoms. The van der Waals surface area contributed by atoms with E-state index >= 15 is 0 Å². The van der Waals surface area contributed by atoms with Crippen LogP contribution in [0.4, 0.5) is 11.4 Å². The van der Waals surface area contributed by atoms with Crippen LogP contribution in [0, 0.1) is 17.0 Å². The molecule has 2 rings (SSSR count). The lowest BCUT2D eigenvalue weighted by Crippen LogP contribution is -2.30. The van der Waals surface area contributed by atoms with E-state index in [1.165, 1.54) is 13.0 Å². The van der Waals surface area contributed by atoms with Crippen molar-refractivity contribution in [2.45, 2.75) is 20.0 Å². The smallest absolute Gasteiger partial charge is 0.340 e. The van der Waals surface area contributed by atoms with Crippen LogP contribution in [0.15, 0.2) is 36.4 Å². The number of carbonyl (C=O) groups is 2. The molecule has 0 bridgehead atoms. The van der Waals surface area contributed by atoms with Gasteiger partial charge in [-0.1, -0.05) is 29.3 Å². The van der Waals surface area contributed by atoms with Gasteiger partial charge in [0.2, 0.25) is 0 Å². The summed E-state index contributed by atoms with van der Waals surface area (Å²) in [4.78, 5) is 34.4. The number of ether oxygens (including phenoxy) is 1. The second-order valence-electron chi connectivity index (χ2n) is 5.37. The molecule has 26 heavy (non-hydrogen) atoms. The van der Waals surface area contributed by atoms with E-state index in [1.807, 2.05) is 0 Å². The van der Waals surface area contributed by atoms with Gasteiger partial charge < -0.3 is 10.1 Å². The SMILES string of the molecule is Cc1c(Cl)cccc1NC(=O)[C@@H](C)OC(=O)c1ccc([N+](=O)[O-])cc1Cl. The first kappa shape index (κ1) is 19.7. The summed E-state index contributed by atoms with van der Waals surface area (Å²) in [5, 5.41) is 13.7. The van der Waals surface area contributed by atoms with E-state index in [0.717, 1.165) is 12.1 Å². The number of anilines is 1. The van der Waals surface area contributed by atoms with Gasteiger partial charge in [0.15, 0.2) is 6.10 Å². The van der Waals surface area contributed by atoms with E-state index in [0.29, 0.717) is 16.3 Å². The van der Waals surface area contributed by atoms with E-state index in [2.05, 4.69) is 5.32 Å². The molecule has 1 amide bonds. The summed E-state index contributed by atoms with van der Waals surface area (Å²) in [6.07, 6.45) is -1.12. The molecule has 136 valence electrons. The van der Waals surface area contributed by atoms with Crippen LogP contribution in [0.3, 0.4) is 0 Å². The number of amides is 1. The van der Waals surface area contributed by atoms with Crippen LogP contribution >= 0.6 is 23.2 Å². The molecule has 2 aromatic rings. The molecule has 0 spiro atoms. The summed E-state index contributed by atoms with van der Waals surface area (Å²) in [6, 6.07) is 8.38. The van der Waals surface area contributed by atoms with Crippen molar-refractivity contribution in [2.75, 3.05) is 5.32 Å². The molecule has 0 aliphatic rings. The highest BCUT2D eigenvalue weighted by atomic mass is 35.5. The molecular formula is C17H14Cl2N2O5. The lowest BCUT2D eigenvalue weighted by atomic mass is 10.2. The van der Waals surface area contributed by atoms with Crippen LogP contribution < -0.4 is 5.32 Å². The first-order valence-corrected chi connectivity index (χ1v) is 8.17. The van der Waals surface area contributed by atoms with Crippen LogP contribution in [-0.4, -0.2) is 22.9 Å². The zero-order valence-electron chi connectivity index (χ0n) is 13.8. The van der Waals surface area contributed by atoms with Crippen molar-refractivity contribution in [1.29, 1.82) is 0 Å². The van der Waals surface area contributed by atoms with Crippen LogP contribution in [0.25, 0.3) is 0 Å². The number of halogens is 2. The van der Waals surface area contributed by atoms with Crippen molar-refractivity contribution in [1.82, 2.24) is 0 Å². The number of carbonyl (C=O) groups excluding carboxylic acids is 2. The minimum Gasteiger partial charge on any atom is -0.449 e. The Morgan fingerprint density at radius 3 is 2.50 bits per heavy atom. The molecule has 0 aliphatic carbocycles. The highest BCUT2D eigenvalue weighted by Gasteiger charge is 2.22. The van der Waals surface area contributed by atoms with E-state index in [4.69, 9.17) is 27.9 Å². The van der Waals surface area contributed by atoms with Crippen LogP contribution in [0.1, 0.15) is 22.8 Å². The molecule has 0 aromatic heterocycles. The van der Waals surface area contributed by atoms with Crippen LogP contribution in [0.5, 0.6) is 0 Å². The van der Waals surface area contributed by atoms with Gasteiger partial charge in [0.25, 0.3) is 11.6 Å². The number of non-ortho nitro benzene ring substituents is 1. The Balaban J connectivity index is 2.08. The van der Waals surface area contributed by atoms with Gasteiger partial charge in [-0.15, -0.1) is 0 Å². The third kappa shape index (κ3) is 4.50. The predicted octanol–water partition coefficient (Wildman–Crippen LogP) is 4.39. The minimum absolute atomic E-state index is 0.0733. The maximum absolute atomic E-state index is 12.2. The molecule has 1 N–H and O–H groups in total. The molecule has 0 unspecified atom stereocenters. The first-order valence-electron chi connectivity index (χ1n) is 7.41. The van der Waals surface area contributed by atoms with Gasteiger partial charge in [-0.25, -0.2) is 4.79 Å². The van der Waals surface area contributed by atoms with Crippen molar-refractivity contribution in [3.05, 3.63) is 67.7 Å². The fourth-order valence-corrected chi connectivity index (χ4v) is 2.46. The van der Waals surface area contributed by atoms with Gasteiger partial charge in [-0.05, 0) is 37.6 Å². The predicted molar refractivity (Wildman–Crippen MR) is 97.8 cm³/mol. The molecule has 1 atom stereocenters. The Morgan fingerprint density at radius 2 is 1.88 bits per heavy atom. The average molecular weight is 397 g/mol. The Hall–Kier alpha value is -2.64. The second-order valence-corrected chi connectivity index (χ2v) is 6.18. The van der Waals surface area contributed by atoms with Crippen LogP contribution in [0.2, 0.25) is 10.0 Å². The average Bonchev–Trinajstić information content (AvgIpc) is 2.58. The Morgan fingerprint density at radius 1 is 1.19 bits per heavy atom. The lowest BCUT2D eigenvalue weighted by Gasteiger charge is -2.15. The number of hydrogen-bond acceptors (Lipinski definition) is 5. The normalized spacial score (nSPS) is 11.5. The standard InChI is InChI=1S/C17H14Cl2N2O5/c1-9-13(18)4-3-5-15(9)20-16(22)10(2)26-17(23)12-7-6-11(21(24)25)8-14(12)19/h3-8,10H,1-2H3,(H,20,22)/t10-/m1/s1. The Kier molecular flexibility index (Phi) is 6.18. The summed E-state index contributed by atoms with van der Waals surface area (Å²) >= 11 is 11.9. The molecule has 7 nitrogen and oxygen atoms in total. The molecule has 0 aliphatic heterocycles. The van der Waals surface area contributed by atoms with E-state index < -0.39 is 22.9 Å². The number of nitrogens with zero attached hydrogens (tertiary/aromatic N) is 1. The maximum atomic E-state index is 12.2. The zero-order valence-corrected chi connectivity index (χ0v) is 15.3. The molecule has 0 radical (unpaired) electrons. The van der Waals surface area contributed by atoms with E-state index in [1.54, 1.807) is 25.1 Å². The van der Waals surface area contributed by atoms with Crippen molar-refractivity contribution >= 4 is 46.5 Å². The minimum atomic E-state index is -1.12. The zero-order chi connectivity index (χ0) is 19.4. The molecule has 0 saturated heterocycles. The molecular weight excluding hydrogens is 383 g/mol. The summed E-state index contributed by atoms with van der Waals surface area (Å²) < 4.78 is 5.08. The Bertz CT molecular complexity index is 885. The number of rotatable bonds is 5. The van der Waals surface area contributed by atoms with Gasteiger partial charge in [0.05, 0.1) is 15.5 Å². The molecule has 2 aromatic carbocycles. The van der Waals surface area contributed by atoms with Gasteiger partial charge in [-0.2, -0.15) is 0 Å². The highest BCUT2D eigenvalue weighted by Crippen LogP contribution is 2.25. The van der Waals surface area contributed by atoms with E-state index in [9.17, 15) is 19.7 Å². The number of nitrogens with one attached hydrogen (secondary N) is 1. The van der Waals surface area contributed by atoms with Crippen molar-refractivity contribution in [3.8, 4) is 0 Å². The number of esters is 1. The summed E-state index contributed by atoms with van der Waals surface area (Å²) in [7, 11) is 0. The summed E-state index contributed by atoms with van der Waals surface area (Å²) in [5.74, 6) is -1.42. The number of nitro groups is 1. The number of benzene rings is 2. The molecule has 0 heterocycles. The van der Waals surface area contributed by atoms with Gasteiger partial charge in [0.1, 0.15) is 0 Å². The highest BCUT2D eigenvalue weighted by molar-refractivity contribution is 6.33. The van der Waals surface area contributed by atoms with Gasteiger partial charge in [-0.3, -0.25) is 14.9 Å². The quantitative estimate of drug-likeness (QED) is 0.458. The lowest BCUT2D eigenvalue weighted by molar-refractivity contribution is -0.384. The summed E-state index contributed by atoms with van der Waals surface area (Å²) in [5.41, 5.74) is 0.850. The monoisotopic (exact) mass is 396 g/mol. The molecule has 0 fully saturated rings. The molecule has 0 saturated carbocycles. The largest absolute Gasteiger partial charge is 0.449 e. The fourth-order valence-electron chi connectivity index (χ4n) is 2.04. The maximum Gasteiger partial charge on any atom is 0.340 e. The third-order valence-electron chi connectivity index (χ3n) is 3.56.